The van der Waals surface area contributed by atoms with Gasteiger partial charge >= 0.3 is 0 Å². The summed E-state index contributed by atoms with van der Waals surface area (Å²) in [5.41, 5.74) is 14.6. The monoisotopic (exact) mass is 632 g/mol. The fraction of sp³-hybridized carbons (Fsp3) is 0.182. The van der Waals surface area contributed by atoms with Gasteiger partial charge in [-0.2, -0.15) is 0 Å². The highest BCUT2D eigenvalue weighted by atomic mass is 16.5. The average Bonchev–Trinajstić information content (AvgIpc) is 3.65. The van der Waals surface area contributed by atoms with Gasteiger partial charge in [-0.3, -0.25) is 0 Å². The minimum Gasteiger partial charge on any atom is -0.491 e. The highest BCUT2D eigenvalue weighted by Gasteiger charge is 2.46. The lowest BCUT2D eigenvalue weighted by Crippen LogP contribution is -2.29. The van der Waals surface area contributed by atoms with Gasteiger partial charge in [-0.05, 0) is 99.2 Å². The minimum atomic E-state index is -0.506. The van der Waals surface area contributed by atoms with Gasteiger partial charge in [0, 0.05) is 0 Å². The predicted molar refractivity (Wildman–Crippen MR) is 193 cm³/mol. The molecule has 0 fully saturated rings. The Bertz CT molecular complexity index is 1930. The Hall–Kier alpha value is -5.16. The third-order valence-electron chi connectivity index (χ3n) is 9.57. The molecule has 4 heteroatoms. The molecule has 0 atom stereocenters. The summed E-state index contributed by atoms with van der Waals surface area (Å²) in [6, 6.07) is 47.3. The number of aliphatic hydroxyl groups excluding tert-OH is 2. The fourth-order valence-corrected chi connectivity index (χ4v) is 7.50. The molecule has 8 rings (SSSR count). The lowest BCUT2D eigenvalue weighted by atomic mass is 9.67. The second kappa shape index (κ2) is 13.5. The second-order valence-electron chi connectivity index (χ2n) is 12.4. The third kappa shape index (κ3) is 5.47. The molecule has 0 aromatic heterocycles. The lowest BCUT2D eigenvalue weighted by molar-refractivity contribution is 0.200. The first-order valence-corrected chi connectivity index (χ1v) is 16.6. The number of hydrogen-bond acceptors (Lipinski definition) is 4. The Morgan fingerprint density at radius 1 is 0.500 bits per heavy atom. The molecule has 6 aromatic rings. The summed E-state index contributed by atoms with van der Waals surface area (Å²) in [5, 5.41) is 18.4. The largest absolute Gasteiger partial charge is 0.491 e. The molecule has 0 heterocycles. The number of aryl methyl sites for hydroxylation is 2. The van der Waals surface area contributed by atoms with E-state index in [1.807, 2.05) is 26.0 Å². The van der Waals surface area contributed by atoms with Gasteiger partial charge in [0.25, 0.3) is 0 Å². The molecule has 2 aliphatic carbocycles. The zero-order valence-electron chi connectivity index (χ0n) is 27.4. The van der Waals surface area contributed by atoms with Crippen LogP contribution in [0.4, 0.5) is 0 Å². The average molecular weight is 633 g/mol. The van der Waals surface area contributed by atoms with Crippen molar-refractivity contribution in [1.29, 1.82) is 0 Å². The highest BCUT2D eigenvalue weighted by Crippen LogP contribution is 2.56. The maximum absolute atomic E-state index is 9.21. The van der Waals surface area contributed by atoms with Gasteiger partial charge in [0.1, 0.15) is 24.7 Å². The van der Waals surface area contributed by atoms with E-state index in [9.17, 15) is 10.2 Å². The van der Waals surface area contributed by atoms with Gasteiger partial charge in [0.2, 0.25) is 0 Å². The maximum atomic E-state index is 9.21. The Balaban J connectivity index is 0.000000231. The first kappa shape index (κ1) is 31.4. The van der Waals surface area contributed by atoms with Crippen molar-refractivity contribution in [3.63, 3.8) is 0 Å². The van der Waals surface area contributed by atoms with Crippen LogP contribution in [0.1, 0.15) is 44.5 Å². The molecule has 0 amide bonds. The maximum Gasteiger partial charge on any atom is 0.122 e. The predicted octanol–water partition coefficient (Wildman–Crippen LogP) is 8.67. The topological polar surface area (TPSA) is 58.9 Å². The summed E-state index contributed by atoms with van der Waals surface area (Å²) >= 11 is 0. The standard InChI is InChI=1S/C31H30O4.C13H10/c1-21-19-23(11-13-29(21)34-17-15-32)31(24-12-14-30(22(2)20-24)35-18-16-33)27-9-5-3-7-25(27)26-8-4-6-10-28(26)31;1-3-7-12-10(5-1)9-11-6-2-4-8-13(11)12/h3-14,19-20,32-33H,15-18H2,1-2H3;1-8H,9H2. The van der Waals surface area contributed by atoms with Crippen LogP contribution in [-0.4, -0.2) is 36.6 Å². The van der Waals surface area contributed by atoms with Crippen LogP contribution in [0.3, 0.4) is 0 Å². The van der Waals surface area contributed by atoms with E-state index in [-0.39, 0.29) is 26.4 Å². The molecule has 2 N–H and O–H groups in total. The van der Waals surface area contributed by atoms with Gasteiger partial charge in [-0.1, -0.05) is 121 Å². The summed E-state index contributed by atoms with van der Waals surface area (Å²) in [5.74, 6) is 1.56. The van der Waals surface area contributed by atoms with E-state index in [1.165, 1.54) is 44.5 Å². The molecular weight excluding hydrogens is 592 g/mol. The second-order valence-corrected chi connectivity index (χ2v) is 12.4. The van der Waals surface area contributed by atoms with Gasteiger partial charge in [0.05, 0.1) is 18.6 Å². The van der Waals surface area contributed by atoms with Crippen LogP contribution in [0, 0.1) is 13.8 Å². The number of fused-ring (bicyclic) bond motifs is 6. The van der Waals surface area contributed by atoms with Crippen molar-refractivity contribution in [2.45, 2.75) is 25.7 Å². The first-order valence-electron chi connectivity index (χ1n) is 16.6. The smallest absolute Gasteiger partial charge is 0.122 e. The van der Waals surface area contributed by atoms with E-state index < -0.39 is 5.41 Å². The molecule has 6 aromatic carbocycles. The molecule has 0 radical (unpaired) electrons. The summed E-state index contributed by atoms with van der Waals surface area (Å²) in [6.07, 6.45) is 1.10. The van der Waals surface area contributed by atoms with E-state index in [2.05, 4.69) is 121 Å². The summed E-state index contributed by atoms with van der Waals surface area (Å²) in [6.45, 7) is 4.60. The minimum absolute atomic E-state index is 0.0180. The van der Waals surface area contributed by atoms with E-state index in [4.69, 9.17) is 9.47 Å². The van der Waals surface area contributed by atoms with Crippen molar-refractivity contribution >= 4 is 0 Å². The Morgan fingerprint density at radius 2 is 0.896 bits per heavy atom. The van der Waals surface area contributed by atoms with Crippen molar-refractivity contribution in [3.05, 3.63) is 178 Å². The molecule has 0 bridgehead atoms. The van der Waals surface area contributed by atoms with Crippen LogP contribution in [0.5, 0.6) is 11.5 Å². The molecule has 0 unspecified atom stereocenters. The van der Waals surface area contributed by atoms with Crippen LogP contribution in [0.2, 0.25) is 0 Å². The van der Waals surface area contributed by atoms with Crippen molar-refractivity contribution in [2.24, 2.45) is 0 Å². The Labute approximate surface area is 282 Å². The van der Waals surface area contributed by atoms with Crippen molar-refractivity contribution in [2.75, 3.05) is 26.4 Å². The molecule has 0 spiro atoms. The van der Waals surface area contributed by atoms with Crippen molar-refractivity contribution < 1.29 is 19.7 Å². The van der Waals surface area contributed by atoms with E-state index in [0.717, 1.165) is 40.2 Å². The summed E-state index contributed by atoms with van der Waals surface area (Å²) in [4.78, 5) is 0. The highest BCUT2D eigenvalue weighted by molar-refractivity contribution is 5.86. The van der Waals surface area contributed by atoms with Gasteiger partial charge in [-0.15, -0.1) is 0 Å². The van der Waals surface area contributed by atoms with E-state index in [1.54, 1.807) is 0 Å². The van der Waals surface area contributed by atoms with Crippen LogP contribution < -0.4 is 9.47 Å². The molecule has 48 heavy (non-hydrogen) atoms. The normalized spacial score (nSPS) is 13.0. The van der Waals surface area contributed by atoms with E-state index in [0.29, 0.717) is 0 Å². The molecule has 0 saturated heterocycles. The van der Waals surface area contributed by atoms with Crippen molar-refractivity contribution in [1.82, 2.24) is 0 Å². The molecule has 240 valence electrons. The Morgan fingerprint density at radius 3 is 1.31 bits per heavy atom. The third-order valence-corrected chi connectivity index (χ3v) is 9.57. The molecular formula is C44H40O4. The van der Waals surface area contributed by atoms with Gasteiger partial charge < -0.3 is 19.7 Å². The SMILES string of the molecule is Cc1cc(C2(c3ccc(OCCO)c(C)c3)c3ccccc3-c3ccccc32)ccc1OCCO.c1ccc2c(c1)Cc1ccccc1-2. The first-order chi connectivity index (χ1) is 23.6. The molecule has 0 aliphatic heterocycles. The molecule has 4 nitrogen and oxygen atoms in total. The number of hydrogen-bond donors (Lipinski definition) is 2. The molecule has 2 aliphatic rings. The zero-order valence-corrected chi connectivity index (χ0v) is 27.4. The number of aliphatic hydroxyl groups is 2. The zero-order chi connectivity index (χ0) is 33.1. The quantitative estimate of drug-likeness (QED) is 0.176. The van der Waals surface area contributed by atoms with Crippen molar-refractivity contribution in [3.8, 4) is 33.8 Å². The fourth-order valence-electron chi connectivity index (χ4n) is 7.50. The number of ether oxygens (including phenoxy) is 2. The summed E-state index contributed by atoms with van der Waals surface area (Å²) in [7, 11) is 0. The van der Waals surface area contributed by atoms with E-state index >= 15 is 0 Å². The van der Waals surface area contributed by atoms with Crippen LogP contribution in [0.15, 0.2) is 133 Å². The summed E-state index contributed by atoms with van der Waals surface area (Å²) < 4.78 is 11.5. The van der Waals surface area contributed by atoms with Crippen LogP contribution >= 0.6 is 0 Å². The van der Waals surface area contributed by atoms with Gasteiger partial charge in [-0.25, -0.2) is 0 Å². The number of rotatable bonds is 8. The number of benzene rings is 6. The van der Waals surface area contributed by atoms with Crippen LogP contribution in [-0.2, 0) is 11.8 Å². The Kier molecular flexibility index (Phi) is 8.86. The molecule has 0 saturated carbocycles. The van der Waals surface area contributed by atoms with Gasteiger partial charge in [0.15, 0.2) is 0 Å². The van der Waals surface area contributed by atoms with Crippen LogP contribution in [0.25, 0.3) is 22.3 Å². The lowest BCUT2D eigenvalue weighted by Gasteiger charge is -2.34.